The zero-order valence-corrected chi connectivity index (χ0v) is 19.4. The Balaban J connectivity index is 1.20. The van der Waals surface area contributed by atoms with Crippen molar-refractivity contribution in [1.82, 2.24) is 10.2 Å². The van der Waals surface area contributed by atoms with E-state index in [1.165, 1.54) is 17.2 Å². The lowest BCUT2D eigenvalue weighted by Crippen LogP contribution is -2.50. The number of hydrogen-bond acceptors (Lipinski definition) is 2. The van der Waals surface area contributed by atoms with Crippen molar-refractivity contribution in [3.05, 3.63) is 76.9 Å². The molecule has 0 radical (unpaired) electrons. The van der Waals surface area contributed by atoms with Crippen LogP contribution >= 0.6 is 0 Å². The van der Waals surface area contributed by atoms with E-state index in [9.17, 15) is 13.6 Å². The summed E-state index contributed by atoms with van der Waals surface area (Å²) in [6.45, 7) is 6.70. The molecule has 2 aromatic carbocycles. The van der Waals surface area contributed by atoms with E-state index in [1.807, 2.05) is 6.92 Å². The first-order valence-corrected chi connectivity index (χ1v) is 12.1. The maximum atomic E-state index is 13.5. The Labute approximate surface area is 194 Å². The average molecular weight is 451 g/mol. The lowest BCUT2D eigenvalue weighted by Gasteiger charge is -2.46. The molecule has 1 N–H and O–H groups in total. The standard InChI is InChI=1S/C28H32F2N2O/c1-19-18-32(14-13-28(19)12-9-21-5-3-4-6-23(21)28)22-10-11-27(2,16-22)26(33)31-17-20-7-8-24(29)25(30)15-20/h3-9,12,15,19,22H,10-11,13-14,16-18H2,1-2H3,(H,31,33)/t19-,22?,27?,28-/m0/s1. The predicted molar refractivity (Wildman–Crippen MR) is 126 cm³/mol. The number of halogens is 2. The van der Waals surface area contributed by atoms with Crippen molar-refractivity contribution >= 4 is 12.0 Å². The SMILES string of the molecule is C[C@H]1CN(C2CCC(C)(C(=O)NCc3ccc(F)c(F)c3)C2)CC[C@@]12C=Cc1ccccc12. The van der Waals surface area contributed by atoms with Crippen molar-refractivity contribution in [3.63, 3.8) is 0 Å². The number of nitrogens with zero attached hydrogens (tertiary/aromatic N) is 1. The molecule has 3 aliphatic rings. The second kappa shape index (κ2) is 8.35. The number of piperidine rings is 1. The molecule has 1 saturated heterocycles. The summed E-state index contributed by atoms with van der Waals surface area (Å²) in [4.78, 5) is 15.6. The average Bonchev–Trinajstić information content (AvgIpc) is 3.39. The van der Waals surface area contributed by atoms with E-state index in [1.54, 1.807) is 0 Å². The second-order valence-electron chi connectivity index (χ2n) is 10.5. The maximum absolute atomic E-state index is 13.5. The van der Waals surface area contributed by atoms with Crippen molar-refractivity contribution in [2.24, 2.45) is 11.3 Å². The molecular formula is C28H32F2N2O. The molecule has 5 rings (SSSR count). The van der Waals surface area contributed by atoms with E-state index in [4.69, 9.17) is 0 Å². The first-order chi connectivity index (χ1) is 15.8. The minimum absolute atomic E-state index is 0.00362. The Bertz CT molecular complexity index is 1100. The number of amides is 1. The molecule has 33 heavy (non-hydrogen) atoms. The van der Waals surface area contributed by atoms with Gasteiger partial charge >= 0.3 is 0 Å². The zero-order valence-electron chi connectivity index (χ0n) is 19.4. The van der Waals surface area contributed by atoms with E-state index >= 15 is 0 Å². The normalized spacial score (nSPS) is 31.2. The van der Waals surface area contributed by atoms with Crippen LogP contribution in [0.2, 0.25) is 0 Å². The lowest BCUT2D eigenvalue weighted by molar-refractivity contribution is -0.130. The number of allylic oxidation sites excluding steroid dienone is 1. The van der Waals surface area contributed by atoms with Gasteiger partial charge in [-0.2, -0.15) is 0 Å². The van der Waals surface area contributed by atoms with E-state index in [2.05, 4.69) is 53.6 Å². The van der Waals surface area contributed by atoms with Crippen molar-refractivity contribution in [3.8, 4) is 0 Å². The van der Waals surface area contributed by atoms with Crippen LogP contribution in [0.3, 0.4) is 0 Å². The van der Waals surface area contributed by atoms with Gasteiger partial charge in [0.25, 0.3) is 0 Å². The zero-order chi connectivity index (χ0) is 23.2. The van der Waals surface area contributed by atoms with Gasteiger partial charge in [0.05, 0.1) is 0 Å². The molecule has 1 saturated carbocycles. The molecule has 1 amide bonds. The summed E-state index contributed by atoms with van der Waals surface area (Å²) in [6, 6.07) is 12.9. The highest BCUT2D eigenvalue weighted by Gasteiger charge is 2.48. The van der Waals surface area contributed by atoms with Crippen LogP contribution in [0.15, 0.2) is 48.5 Å². The molecule has 1 spiro atoms. The molecule has 1 heterocycles. The maximum Gasteiger partial charge on any atom is 0.226 e. The van der Waals surface area contributed by atoms with Gasteiger partial charge < -0.3 is 5.32 Å². The number of rotatable bonds is 4. The number of likely N-dealkylation sites (tertiary alicyclic amines) is 1. The van der Waals surface area contributed by atoms with Crippen LogP contribution in [0.25, 0.3) is 6.08 Å². The van der Waals surface area contributed by atoms with E-state index in [-0.39, 0.29) is 17.9 Å². The van der Waals surface area contributed by atoms with Gasteiger partial charge in [0, 0.05) is 30.0 Å². The fraction of sp³-hybridized carbons (Fsp3) is 0.464. The highest BCUT2D eigenvalue weighted by molar-refractivity contribution is 5.82. The Morgan fingerprint density at radius 3 is 2.76 bits per heavy atom. The molecule has 174 valence electrons. The minimum atomic E-state index is -0.884. The summed E-state index contributed by atoms with van der Waals surface area (Å²) in [5.41, 5.74) is 3.09. The monoisotopic (exact) mass is 450 g/mol. The molecule has 2 fully saturated rings. The molecule has 2 aromatic rings. The van der Waals surface area contributed by atoms with Crippen LogP contribution in [-0.2, 0) is 16.8 Å². The van der Waals surface area contributed by atoms with Crippen LogP contribution in [0.1, 0.15) is 56.2 Å². The van der Waals surface area contributed by atoms with Crippen LogP contribution < -0.4 is 5.32 Å². The fourth-order valence-corrected chi connectivity index (χ4v) is 6.33. The summed E-state index contributed by atoms with van der Waals surface area (Å²) in [5.74, 6) is -1.24. The highest BCUT2D eigenvalue weighted by Crippen LogP contribution is 2.49. The highest BCUT2D eigenvalue weighted by atomic mass is 19.2. The first kappa shape index (κ1) is 22.3. The number of nitrogens with one attached hydrogen (secondary N) is 1. The van der Waals surface area contributed by atoms with Gasteiger partial charge in [-0.1, -0.05) is 56.3 Å². The largest absolute Gasteiger partial charge is 0.352 e. The van der Waals surface area contributed by atoms with Crippen molar-refractivity contribution in [2.75, 3.05) is 13.1 Å². The lowest BCUT2D eigenvalue weighted by atomic mass is 9.68. The van der Waals surface area contributed by atoms with E-state index < -0.39 is 17.0 Å². The van der Waals surface area contributed by atoms with E-state index in [0.717, 1.165) is 50.9 Å². The Hall–Kier alpha value is -2.53. The van der Waals surface area contributed by atoms with Gasteiger partial charge in [0.2, 0.25) is 5.91 Å². The quantitative estimate of drug-likeness (QED) is 0.672. The van der Waals surface area contributed by atoms with Crippen LogP contribution in [-0.4, -0.2) is 29.9 Å². The molecule has 2 aliphatic carbocycles. The Kier molecular flexibility index (Phi) is 5.64. The topological polar surface area (TPSA) is 32.3 Å². The van der Waals surface area contributed by atoms with Gasteiger partial charge in [0.1, 0.15) is 0 Å². The summed E-state index contributed by atoms with van der Waals surface area (Å²) in [5, 5.41) is 2.96. The summed E-state index contributed by atoms with van der Waals surface area (Å²) < 4.78 is 26.6. The molecule has 1 aliphatic heterocycles. The Morgan fingerprint density at radius 2 is 1.97 bits per heavy atom. The smallest absolute Gasteiger partial charge is 0.226 e. The second-order valence-corrected chi connectivity index (χ2v) is 10.5. The third-order valence-electron chi connectivity index (χ3n) is 8.44. The summed E-state index contributed by atoms with van der Waals surface area (Å²) in [6.07, 6.45) is 8.51. The molecule has 4 atom stereocenters. The molecule has 0 aromatic heterocycles. The number of hydrogen-bond donors (Lipinski definition) is 1. The van der Waals surface area contributed by atoms with Crippen molar-refractivity contribution in [2.45, 2.75) is 57.5 Å². The molecule has 0 bridgehead atoms. The number of fused-ring (bicyclic) bond motifs is 2. The molecular weight excluding hydrogens is 418 g/mol. The van der Waals surface area contributed by atoms with Gasteiger partial charge in [-0.05, 0) is 67.0 Å². The van der Waals surface area contributed by atoms with Gasteiger partial charge in [-0.25, -0.2) is 8.78 Å². The van der Waals surface area contributed by atoms with Crippen LogP contribution in [0.5, 0.6) is 0 Å². The van der Waals surface area contributed by atoms with Crippen LogP contribution in [0, 0.1) is 23.0 Å². The minimum Gasteiger partial charge on any atom is -0.352 e. The number of carbonyl (C=O) groups is 1. The third kappa shape index (κ3) is 3.90. The molecule has 5 heteroatoms. The fourth-order valence-electron chi connectivity index (χ4n) is 6.33. The van der Waals surface area contributed by atoms with E-state index in [0.29, 0.717) is 17.5 Å². The van der Waals surface area contributed by atoms with Crippen LogP contribution in [0.4, 0.5) is 8.78 Å². The summed E-state index contributed by atoms with van der Waals surface area (Å²) in [7, 11) is 0. The predicted octanol–water partition coefficient (Wildman–Crippen LogP) is 5.45. The Morgan fingerprint density at radius 1 is 1.15 bits per heavy atom. The van der Waals surface area contributed by atoms with Gasteiger partial charge in [-0.3, -0.25) is 9.69 Å². The van der Waals surface area contributed by atoms with Crippen molar-refractivity contribution < 1.29 is 13.6 Å². The van der Waals surface area contributed by atoms with Crippen molar-refractivity contribution in [1.29, 1.82) is 0 Å². The molecule has 2 unspecified atom stereocenters. The van der Waals surface area contributed by atoms with Gasteiger partial charge in [-0.15, -0.1) is 0 Å². The number of benzene rings is 2. The first-order valence-electron chi connectivity index (χ1n) is 12.1. The summed E-state index contributed by atoms with van der Waals surface area (Å²) >= 11 is 0. The number of carbonyl (C=O) groups excluding carboxylic acids is 1. The third-order valence-corrected chi connectivity index (χ3v) is 8.44. The molecule has 3 nitrogen and oxygen atoms in total. The van der Waals surface area contributed by atoms with Gasteiger partial charge in [0.15, 0.2) is 11.6 Å².